The van der Waals surface area contributed by atoms with E-state index in [0.717, 1.165) is 12.8 Å². The SMILES string of the molecule is COc1cc(C(=O)NCCc2ccccc2)cc(Cl)c1OCCC(C)C. The Bertz CT molecular complexity index is 717. The van der Waals surface area contributed by atoms with Crippen LogP contribution in [0.3, 0.4) is 0 Å². The molecule has 26 heavy (non-hydrogen) atoms. The van der Waals surface area contributed by atoms with Gasteiger partial charge in [0.25, 0.3) is 5.91 Å². The van der Waals surface area contributed by atoms with E-state index in [9.17, 15) is 4.79 Å². The third kappa shape index (κ3) is 5.95. The van der Waals surface area contributed by atoms with Crippen molar-refractivity contribution < 1.29 is 14.3 Å². The van der Waals surface area contributed by atoms with E-state index in [1.54, 1.807) is 12.1 Å². The monoisotopic (exact) mass is 375 g/mol. The maximum atomic E-state index is 12.4. The standard InChI is InChI=1S/C21H26ClNO3/c1-15(2)10-12-26-20-18(22)13-17(14-19(20)25-3)21(24)23-11-9-16-7-5-4-6-8-16/h4-8,13-15H,9-12H2,1-3H3,(H,23,24). The highest BCUT2D eigenvalue weighted by molar-refractivity contribution is 6.32. The summed E-state index contributed by atoms with van der Waals surface area (Å²) in [6, 6.07) is 13.3. The first-order valence-electron chi connectivity index (χ1n) is 8.83. The molecule has 2 aromatic carbocycles. The first-order chi connectivity index (χ1) is 12.5. The highest BCUT2D eigenvalue weighted by atomic mass is 35.5. The number of rotatable bonds is 9. The van der Waals surface area contributed by atoms with Gasteiger partial charge in [-0.05, 0) is 36.5 Å². The summed E-state index contributed by atoms with van der Waals surface area (Å²) >= 11 is 6.32. The molecule has 5 heteroatoms. The van der Waals surface area contributed by atoms with Gasteiger partial charge in [-0.3, -0.25) is 4.79 Å². The van der Waals surface area contributed by atoms with Crippen LogP contribution in [0.1, 0.15) is 36.2 Å². The van der Waals surface area contributed by atoms with Gasteiger partial charge in [-0.25, -0.2) is 0 Å². The number of benzene rings is 2. The lowest BCUT2D eigenvalue weighted by molar-refractivity contribution is 0.0953. The second-order valence-electron chi connectivity index (χ2n) is 6.51. The Labute approximate surface area is 160 Å². The molecule has 0 fully saturated rings. The molecule has 0 radical (unpaired) electrons. The second kappa shape index (κ2) is 10.1. The van der Waals surface area contributed by atoms with Crippen LogP contribution in [0.15, 0.2) is 42.5 Å². The lowest BCUT2D eigenvalue weighted by Gasteiger charge is -2.15. The molecular weight excluding hydrogens is 350 g/mol. The Morgan fingerprint density at radius 2 is 1.92 bits per heavy atom. The zero-order valence-corrected chi connectivity index (χ0v) is 16.3. The lowest BCUT2D eigenvalue weighted by Crippen LogP contribution is -2.25. The van der Waals surface area contributed by atoms with Crippen LogP contribution in [0.4, 0.5) is 0 Å². The number of nitrogens with one attached hydrogen (secondary N) is 1. The highest BCUT2D eigenvalue weighted by Crippen LogP contribution is 2.36. The number of halogens is 1. The predicted octanol–water partition coefficient (Wildman–Crippen LogP) is 4.75. The molecule has 1 N–H and O–H groups in total. The molecule has 0 saturated carbocycles. The van der Waals surface area contributed by atoms with Crippen molar-refractivity contribution in [2.24, 2.45) is 5.92 Å². The van der Waals surface area contributed by atoms with Gasteiger partial charge >= 0.3 is 0 Å². The Morgan fingerprint density at radius 3 is 2.58 bits per heavy atom. The number of carbonyl (C=O) groups excluding carboxylic acids is 1. The van der Waals surface area contributed by atoms with E-state index < -0.39 is 0 Å². The van der Waals surface area contributed by atoms with Crippen molar-refractivity contribution in [2.75, 3.05) is 20.3 Å². The molecule has 0 aliphatic rings. The lowest BCUT2D eigenvalue weighted by atomic mass is 10.1. The molecule has 0 aromatic heterocycles. The first-order valence-corrected chi connectivity index (χ1v) is 9.21. The van der Waals surface area contributed by atoms with Gasteiger partial charge in [0, 0.05) is 12.1 Å². The molecule has 0 unspecified atom stereocenters. The van der Waals surface area contributed by atoms with E-state index in [4.69, 9.17) is 21.1 Å². The fourth-order valence-corrected chi connectivity index (χ4v) is 2.72. The maximum absolute atomic E-state index is 12.4. The fourth-order valence-electron chi connectivity index (χ4n) is 2.45. The van der Waals surface area contributed by atoms with Gasteiger partial charge in [0.05, 0.1) is 18.7 Å². The number of hydrogen-bond donors (Lipinski definition) is 1. The number of carbonyl (C=O) groups is 1. The minimum Gasteiger partial charge on any atom is -0.493 e. The summed E-state index contributed by atoms with van der Waals surface area (Å²) < 4.78 is 11.1. The third-order valence-electron chi connectivity index (χ3n) is 3.98. The Morgan fingerprint density at radius 1 is 1.19 bits per heavy atom. The van der Waals surface area contributed by atoms with Crippen molar-refractivity contribution in [3.05, 3.63) is 58.6 Å². The summed E-state index contributed by atoms with van der Waals surface area (Å²) in [5.74, 6) is 1.30. The van der Waals surface area contributed by atoms with Crippen molar-refractivity contribution in [1.82, 2.24) is 5.32 Å². The van der Waals surface area contributed by atoms with Crippen molar-refractivity contribution in [1.29, 1.82) is 0 Å². The highest BCUT2D eigenvalue weighted by Gasteiger charge is 2.16. The average Bonchev–Trinajstić information content (AvgIpc) is 2.63. The van der Waals surface area contributed by atoms with E-state index in [2.05, 4.69) is 19.2 Å². The maximum Gasteiger partial charge on any atom is 0.251 e. The van der Waals surface area contributed by atoms with Gasteiger partial charge in [-0.2, -0.15) is 0 Å². The van der Waals surface area contributed by atoms with Gasteiger partial charge in [0.1, 0.15) is 0 Å². The van der Waals surface area contributed by atoms with Crippen LogP contribution in [0.5, 0.6) is 11.5 Å². The van der Waals surface area contributed by atoms with E-state index in [1.165, 1.54) is 12.7 Å². The minimum atomic E-state index is -0.185. The van der Waals surface area contributed by atoms with Crippen LogP contribution >= 0.6 is 11.6 Å². The zero-order chi connectivity index (χ0) is 18.9. The number of ether oxygens (including phenoxy) is 2. The predicted molar refractivity (Wildman–Crippen MR) is 105 cm³/mol. The van der Waals surface area contributed by atoms with Crippen molar-refractivity contribution in [3.8, 4) is 11.5 Å². The van der Waals surface area contributed by atoms with Crippen LogP contribution in [0.25, 0.3) is 0 Å². The van der Waals surface area contributed by atoms with Crippen molar-refractivity contribution in [3.63, 3.8) is 0 Å². The average molecular weight is 376 g/mol. The molecule has 0 aliphatic heterocycles. The molecule has 4 nitrogen and oxygen atoms in total. The second-order valence-corrected chi connectivity index (χ2v) is 6.92. The van der Waals surface area contributed by atoms with Crippen LogP contribution in [-0.2, 0) is 6.42 Å². The van der Waals surface area contributed by atoms with Gasteiger partial charge in [0.15, 0.2) is 11.5 Å². The molecular formula is C21H26ClNO3. The molecule has 0 saturated heterocycles. The molecule has 0 heterocycles. The Hall–Kier alpha value is -2.20. The molecule has 140 valence electrons. The third-order valence-corrected chi connectivity index (χ3v) is 4.26. The van der Waals surface area contributed by atoms with Crippen LogP contribution in [-0.4, -0.2) is 26.2 Å². The Kier molecular flexibility index (Phi) is 7.79. The van der Waals surface area contributed by atoms with Crippen molar-refractivity contribution >= 4 is 17.5 Å². The number of methoxy groups -OCH3 is 1. The summed E-state index contributed by atoms with van der Waals surface area (Å²) in [6.07, 6.45) is 1.69. The smallest absolute Gasteiger partial charge is 0.251 e. The van der Waals surface area contributed by atoms with Crippen LogP contribution in [0.2, 0.25) is 5.02 Å². The molecule has 0 aliphatic carbocycles. The van der Waals surface area contributed by atoms with Crippen LogP contribution in [0, 0.1) is 5.92 Å². The number of hydrogen-bond acceptors (Lipinski definition) is 3. The van der Waals surface area contributed by atoms with Crippen LogP contribution < -0.4 is 14.8 Å². The molecule has 0 spiro atoms. The number of amides is 1. The van der Waals surface area contributed by atoms with E-state index in [1.807, 2.05) is 30.3 Å². The summed E-state index contributed by atoms with van der Waals surface area (Å²) in [6.45, 7) is 5.36. The van der Waals surface area contributed by atoms with E-state index >= 15 is 0 Å². The zero-order valence-electron chi connectivity index (χ0n) is 15.5. The Balaban J connectivity index is 1.99. The van der Waals surface area contributed by atoms with E-state index in [0.29, 0.717) is 41.2 Å². The quantitative estimate of drug-likeness (QED) is 0.688. The van der Waals surface area contributed by atoms with Gasteiger partial charge in [-0.15, -0.1) is 0 Å². The molecule has 0 bridgehead atoms. The molecule has 2 rings (SSSR count). The summed E-state index contributed by atoms with van der Waals surface area (Å²) in [5.41, 5.74) is 1.63. The van der Waals surface area contributed by atoms with Gasteiger partial charge in [-0.1, -0.05) is 55.8 Å². The summed E-state index contributed by atoms with van der Waals surface area (Å²) in [5, 5.41) is 3.29. The van der Waals surface area contributed by atoms with Gasteiger partial charge in [0.2, 0.25) is 0 Å². The van der Waals surface area contributed by atoms with E-state index in [-0.39, 0.29) is 5.91 Å². The molecule has 2 aromatic rings. The summed E-state index contributed by atoms with van der Waals surface area (Å²) in [4.78, 5) is 12.4. The minimum absolute atomic E-state index is 0.185. The fraction of sp³-hybridized carbons (Fsp3) is 0.381. The molecule has 1 amide bonds. The first kappa shape index (κ1) is 20.1. The molecule has 0 atom stereocenters. The topological polar surface area (TPSA) is 47.6 Å². The van der Waals surface area contributed by atoms with Gasteiger partial charge < -0.3 is 14.8 Å². The largest absolute Gasteiger partial charge is 0.493 e. The normalized spacial score (nSPS) is 10.7. The summed E-state index contributed by atoms with van der Waals surface area (Å²) in [7, 11) is 1.54. The van der Waals surface area contributed by atoms with Crippen molar-refractivity contribution in [2.45, 2.75) is 26.7 Å².